The maximum atomic E-state index is 12.8. The van der Waals surface area contributed by atoms with Crippen LogP contribution in [0.25, 0.3) is 0 Å². The van der Waals surface area contributed by atoms with Crippen LogP contribution in [0.3, 0.4) is 0 Å². The van der Waals surface area contributed by atoms with Gasteiger partial charge in [-0.25, -0.2) is 0 Å². The number of benzene rings is 1. The molecule has 3 nitrogen and oxygen atoms in total. The fourth-order valence-corrected chi connectivity index (χ4v) is 2.92. The third kappa shape index (κ3) is 3.77. The van der Waals surface area contributed by atoms with E-state index < -0.39 is 11.7 Å². The Morgan fingerprint density at radius 2 is 2.19 bits per heavy atom. The molecule has 1 heterocycles. The first kappa shape index (κ1) is 16.3. The number of nitrogens with zero attached hydrogens (tertiary/aromatic N) is 1. The van der Waals surface area contributed by atoms with E-state index in [1.807, 2.05) is 7.05 Å². The van der Waals surface area contributed by atoms with E-state index in [0.717, 1.165) is 25.1 Å². The van der Waals surface area contributed by atoms with Crippen molar-refractivity contribution in [3.63, 3.8) is 0 Å². The average Bonchev–Trinajstić information content (AvgIpc) is 2.86. The van der Waals surface area contributed by atoms with Crippen molar-refractivity contribution in [3.05, 3.63) is 33.8 Å². The number of halogens is 4. The molecule has 1 unspecified atom stereocenters. The van der Waals surface area contributed by atoms with Crippen LogP contribution in [0.5, 0.6) is 0 Å². The van der Waals surface area contributed by atoms with Crippen LogP contribution in [0.2, 0.25) is 0 Å². The fraction of sp³-hybridized carbons (Fsp3) is 0.500. The van der Waals surface area contributed by atoms with Crippen molar-refractivity contribution in [2.45, 2.75) is 12.6 Å². The van der Waals surface area contributed by atoms with Crippen molar-refractivity contribution in [1.29, 1.82) is 0 Å². The van der Waals surface area contributed by atoms with Crippen molar-refractivity contribution < 1.29 is 18.0 Å². The molecular formula is C14H16BrF3N2O. The van der Waals surface area contributed by atoms with Crippen LogP contribution in [0, 0.1) is 5.92 Å². The molecule has 1 aliphatic rings. The Labute approximate surface area is 129 Å². The van der Waals surface area contributed by atoms with Crippen LogP contribution in [-0.2, 0) is 6.18 Å². The molecule has 1 aromatic carbocycles. The van der Waals surface area contributed by atoms with E-state index in [1.54, 1.807) is 4.90 Å². The van der Waals surface area contributed by atoms with Gasteiger partial charge < -0.3 is 10.2 Å². The third-order valence-corrected chi connectivity index (χ3v) is 4.28. The highest BCUT2D eigenvalue weighted by atomic mass is 79.9. The summed E-state index contributed by atoms with van der Waals surface area (Å²) in [5.41, 5.74) is -0.741. The number of carbonyl (C=O) groups excluding carboxylic acids is 1. The smallest absolute Gasteiger partial charge is 0.338 e. The van der Waals surface area contributed by atoms with Crippen LogP contribution in [-0.4, -0.2) is 37.5 Å². The quantitative estimate of drug-likeness (QED) is 0.893. The lowest BCUT2D eigenvalue weighted by Gasteiger charge is -2.18. The van der Waals surface area contributed by atoms with Gasteiger partial charge in [-0.2, -0.15) is 13.2 Å². The van der Waals surface area contributed by atoms with E-state index in [4.69, 9.17) is 0 Å². The lowest BCUT2D eigenvalue weighted by molar-refractivity contribution is -0.137. The maximum Gasteiger partial charge on any atom is 0.416 e. The molecule has 0 aromatic heterocycles. The van der Waals surface area contributed by atoms with E-state index in [9.17, 15) is 18.0 Å². The molecule has 0 spiro atoms. The van der Waals surface area contributed by atoms with Crippen molar-refractivity contribution in [2.75, 3.05) is 26.7 Å². The molecule has 0 radical (unpaired) electrons. The molecule has 2 rings (SSSR count). The minimum atomic E-state index is -4.45. The lowest BCUT2D eigenvalue weighted by atomic mass is 10.1. The Bertz CT molecular complexity index is 533. The van der Waals surface area contributed by atoms with Crippen LogP contribution in [0.15, 0.2) is 22.7 Å². The summed E-state index contributed by atoms with van der Waals surface area (Å²) in [6, 6.07) is 3.16. The van der Waals surface area contributed by atoms with E-state index in [-0.39, 0.29) is 11.5 Å². The number of nitrogens with one attached hydrogen (secondary N) is 1. The Morgan fingerprint density at radius 3 is 2.81 bits per heavy atom. The van der Waals surface area contributed by atoms with Gasteiger partial charge in [0.05, 0.1) is 11.1 Å². The van der Waals surface area contributed by atoms with E-state index in [1.165, 1.54) is 6.07 Å². The van der Waals surface area contributed by atoms with Gasteiger partial charge in [-0.05, 0) is 60.1 Å². The van der Waals surface area contributed by atoms with Gasteiger partial charge in [0.1, 0.15) is 0 Å². The van der Waals surface area contributed by atoms with E-state index >= 15 is 0 Å². The van der Waals surface area contributed by atoms with Crippen LogP contribution >= 0.6 is 15.9 Å². The Morgan fingerprint density at radius 1 is 1.48 bits per heavy atom. The van der Waals surface area contributed by atoms with Crippen LogP contribution in [0.4, 0.5) is 13.2 Å². The Balaban J connectivity index is 2.20. The van der Waals surface area contributed by atoms with E-state index in [0.29, 0.717) is 23.5 Å². The van der Waals surface area contributed by atoms with E-state index in [2.05, 4.69) is 21.2 Å². The zero-order chi connectivity index (χ0) is 15.6. The molecule has 1 fully saturated rings. The van der Waals surface area contributed by atoms with Gasteiger partial charge in [-0.15, -0.1) is 0 Å². The summed E-state index contributed by atoms with van der Waals surface area (Å²) in [6.07, 6.45) is -3.58. The monoisotopic (exact) mass is 364 g/mol. The number of hydrogen-bond donors (Lipinski definition) is 1. The number of carbonyl (C=O) groups is 1. The molecule has 116 valence electrons. The first-order valence-corrected chi connectivity index (χ1v) is 7.43. The zero-order valence-electron chi connectivity index (χ0n) is 11.5. The minimum absolute atomic E-state index is 0.0648. The predicted octanol–water partition coefficient (Wildman–Crippen LogP) is 3.15. The molecule has 21 heavy (non-hydrogen) atoms. The molecule has 1 aromatic rings. The van der Waals surface area contributed by atoms with Gasteiger partial charge in [0.15, 0.2) is 0 Å². The second-order valence-corrected chi connectivity index (χ2v) is 6.01. The van der Waals surface area contributed by atoms with Gasteiger partial charge in [0.2, 0.25) is 0 Å². The van der Waals surface area contributed by atoms with Crippen molar-refractivity contribution >= 4 is 21.8 Å². The van der Waals surface area contributed by atoms with Crippen LogP contribution < -0.4 is 5.32 Å². The zero-order valence-corrected chi connectivity index (χ0v) is 13.1. The number of alkyl halides is 3. The highest BCUT2D eigenvalue weighted by Crippen LogP contribution is 2.32. The van der Waals surface area contributed by atoms with Gasteiger partial charge >= 0.3 is 6.18 Å². The molecule has 1 atom stereocenters. The van der Waals surface area contributed by atoms with Gasteiger partial charge in [-0.1, -0.05) is 0 Å². The molecule has 1 saturated heterocycles. The SMILES string of the molecule is CNCC1CCN(C(=O)c2cc(C(F)(F)F)ccc2Br)C1. The summed E-state index contributed by atoms with van der Waals surface area (Å²) in [6.45, 7) is 1.95. The standard InChI is InChI=1S/C14H16BrF3N2O/c1-19-7-9-4-5-20(8-9)13(21)11-6-10(14(16,17)18)2-3-12(11)15/h2-3,6,9,19H,4-5,7-8H2,1H3. The lowest BCUT2D eigenvalue weighted by Crippen LogP contribution is -2.30. The highest BCUT2D eigenvalue weighted by Gasteiger charge is 2.33. The molecule has 0 aliphatic carbocycles. The van der Waals surface area contributed by atoms with Gasteiger partial charge in [-0.3, -0.25) is 4.79 Å². The first-order valence-electron chi connectivity index (χ1n) is 6.63. The molecule has 0 saturated carbocycles. The summed E-state index contributed by atoms with van der Waals surface area (Å²) >= 11 is 3.16. The highest BCUT2D eigenvalue weighted by molar-refractivity contribution is 9.10. The number of amides is 1. The van der Waals surface area contributed by atoms with Crippen molar-refractivity contribution in [1.82, 2.24) is 10.2 Å². The minimum Gasteiger partial charge on any atom is -0.338 e. The fourth-order valence-electron chi connectivity index (χ4n) is 2.51. The van der Waals surface area contributed by atoms with Gasteiger partial charge in [0.25, 0.3) is 5.91 Å². The summed E-state index contributed by atoms with van der Waals surface area (Å²) in [4.78, 5) is 14.0. The number of hydrogen-bond acceptors (Lipinski definition) is 2. The van der Waals surface area contributed by atoms with Crippen molar-refractivity contribution in [2.24, 2.45) is 5.92 Å². The predicted molar refractivity (Wildman–Crippen MR) is 77.1 cm³/mol. The third-order valence-electron chi connectivity index (χ3n) is 3.59. The molecule has 1 N–H and O–H groups in total. The number of rotatable bonds is 3. The summed E-state index contributed by atoms with van der Waals surface area (Å²) < 4.78 is 38.6. The van der Waals surface area contributed by atoms with Gasteiger partial charge in [0, 0.05) is 17.6 Å². The molecule has 0 bridgehead atoms. The average molecular weight is 365 g/mol. The second-order valence-electron chi connectivity index (χ2n) is 5.16. The van der Waals surface area contributed by atoms with Crippen molar-refractivity contribution in [3.8, 4) is 0 Å². The maximum absolute atomic E-state index is 12.8. The van der Waals surface area contributed by atoms with Crippen LogP contribution in [0.1, 0.15) is 22.3 Å². The summed E-state index contributed by atoms with van der Waals surface area (Å²) in [7, 11) is 1.84. The summed E-state index contributed by atoms with van der Waals surface area (Å²) in [5, 5.41) is 3.05. The molecule has 1 amide bonds. The Kier molecular flexibility index (Phi) is 4.93. The molecular weight excluding hydrogens is 349 g/mol. The summed E-state index contributed by atoms with van der Waals surface area (Å²) in [5.74, 6) is -0.00453. The topological polar surface area (TPSA) is 32.3 Å². The normalized spacial score (nSPS) is 19.1. The Hall–Kier alpha value is -1.08. The first-order chi connectivity index (χ1) is 9.82. The second kappa shape index (κ2) is 6.36. The molecule has 1 aliphatic heterocycles. The number of likely N-dealkylation sites (tertiary alicyclic amines) is 1. The largest absolute Gasteiger partial charge is 0.416 e. The molecule has 7 heteroatoms.